The number of benzene rings is 1. The molecule has 0 spiro atoms. The van der Waals surface area contributed by atoms with Crippen molar-refractivity contribution in [1.29, 1.82) is 0 Å². The van der Waals surface area contributed by atoms with E-state index in [1.54, 1.807) is 0 Å². The largest absolute Gasteiger partial charge is 0.382 e. The molecule has 0 unspecified atom stereocenters. The maximum absolute atomic E-state index is 12.6. The summed E-state index contributed by atoms with van der Waals surface area (Å²) in [7, 11) is 2.01. The van der Waals surface area contributed by atoms with Crippen LogP contribution >= 0.6 is 0 Å². The molecule has 1 saturated heterocycles. The minimum absolute atomic E-state index is 0.127. The highest BCUT2D eigenvalue weighted by molar-refractivity contribution is 6.29. The smallest absolute Gasteiger partial charge is 0.284 e. The number of hydrogen-bond acceptors (Lipinski definition) is 4. The Morgan fingerprint density at radius 2 is 1.95 bits per heavy atom. The van der Waals surface area contributed by atoms with Gasteiger partial charge in [-0.15, -0.1) is 5.10 Å². The van der Waals surface area contributed by atoms with Crippen molar-refractivity contribution in [2.24, 2.45) is 10.8 Å². The first-order valence-electron chi connectivity index (χ1n) is 6.86. The van der Waals surface area contributed by atoms with Gasteiger partial charge in [-0.05, 0) is 31.4 Å². The van der Waals surface area contributed by atoms with Gasteiger partial charge in [0.15, 0.2) is 5.84 Å². The number of para-hydroxylation sites is 1. The zero-order valence-corrected chi connectivity index (χ0v) is 11.5. The van der Waals surface area contributed by atoms with Crippen molar-refractivity contribution in [3.05, 3.63) is 41.6 Å². The van der Waals surface area contributed by atoms with E-state index in [9.17, 15) is 4.79 Å². The van der Waals surface area contributed by atoms with Gasteiger partial charge < -0.3 is 10.6 Å². The van der Waals surface area contributed by atoms with Gasteiger partial charge in [-0.1, -0.05) is 18.2 Å². The Kier molecular flexibility index (Phi) is 3.18. The topological polar surface area (TPSA) is 61.9 Å². The van der Waals surface area contributed by atoms with Crippen LogP contribution in [0.4, 0.5) is 5.69 Å². The highest BCUT2D eigenvalue weighted by Crippen LogP contribution is 2.28. The number of amidine groups is 1. The summed E-state index contributed by atoms with van der Waals surface area (Å²) in [5.41, 5.74) is 8.32. The van der Waals surface area contributed by atoms with Crippen LogP contribution in [0.3, 0.4) is 0 Å². The fourth-order valence-electron chi connectivity index (χ4n) is 2.72. The lowest BCUT2D eigenvalue weighted by Crippen LogP contribution is -2.31. The fraction of sp³-hybridized carbons (Fsp3) is 0.333. The molecular formula is C15H18N4O. The van der Waals surface area contributed by atoms with E-state index >= 15 is 0 Å². The zero-order chi connectivity index (χ0) is 14.1. The summed E-state index contributed by atoms with van der Waals surface area (Å²) in [6.07, 6.45) is 3.13. The predicted octanol–water partition coefficient (Wildman–Crippen LogP) is 1.68. The molecule has 20 heavy (non-hydrogen) atoms. The molecule has 1 fully saturated rings. The van der Waals surface area contributed by atoms with Crippen molar-refractivity contribution < 1.29 is 4.79 Å². The van der Waals surface area contributed by atoms with Crippen LogP contribution in [0.1, 0.15) is 19.3 Å². The standard InChI is InChI=1S/C15H18N4O/c1-18-10-6-5-9-12(18)13-14(16)17-19(15(13)20)11-7-3-2-4-8-11/h2-4,7-8H,5-6,9-10H2,1H3,(H2,16,17)/b13-12-. The highest BCUT2D eigenvalue weighted by Gasteiger charge is 2.33. The molecular weight excluding hydrogens is 252 g/mol. The third kappa shape index (κ3) is 2.05. The average molecular weight is 270 g/mol. The number of amides is 1. The molecule has 2 N–H and O–H groups in total. The fourth-order valence-corrected chi connectivity index (χ4v) is 2.72. The number of hydrazone groups is 1. The van der Waals surface area contributed by atoms with Gasteiger partial charge in [0.1, 0.15) is 5.57 Å². The first kappa shape index (κ1) is 12.7. The lowest BCUT2D eigenvalue weighted by atomic mass is 10.0. The normalized spacial score (nSPS) is 23.2. The summed E-state index contributed by atoms with van der Waals surface area (Å²) in [5.74, 6) is 0.194. The van der Waals surface area contributed by atoms with Gasteiger partial charge in [0, 0.05) is 19.3 Å². The van der Waals surface area contributed by atoms with Crippen LogP contribution in [0.2, 0.25) is 0 Å². The van der Waals surface area contributed by atoms with Crippen LogP contribution in [0.15, 0.2) is 46.7 Å². The molecule has 5 nitrogen and oxygen atoms in total. The van der Waals surface area contributed by atoms with Crippen LogP contribution < -0.4 is 10.7 Å². The van der Waals surface area contributed by atoms with Crippen LogP contribution in [0.25, 0.3) is 0 Å². The SMILES string of the molecule is CN1CCCC/C1=C1/C(=O)N(c2ccccc2)N=C1N. The van der Waals surface area contributed by atoms with Crippen molar-refractivity contribution in [1.82, 2.24) is 4.90 Å². The Hall–Kier alpha value is -2.30. The monoisotopic (exact) mass is 270 g/mol. The number of hydrogen-bond donors (Lipinski definition) is 1. The molecule has 0 saturated carbocycles. The van der Waals surface area contributed by atoms with Gasteiger partial charge in [-0.25, -0.2) is 0 Å². The second-order valence-electron chi connectivity index (χ2n) is 5.14. The van der Waals surface area contributed by atoms with E-state index in [0.29, 0.717) is 11.4 Å². The summed E-state index contributed by atoms with van der Waals surface area (Å²) in [5, 5.41) is 5.61. The molecule has 0 atom stereocenters. The molecule has 0 aliphatic carbocycles. The Morgan fingerprint density at radius 1 is 1.20 bits per heavy atom. The van der Waals surface area contributed by atoms with Crippen LogP contribution in [-0.4, -0.2) is 30.2 Å². The second-order valence-corrected chi connectivity index (χ2v) is 5.14. The molecule has 0 bridgehead atoms. The first-order chi connectivity index (χ1) is 9.68. The molecule has 3 rings (SSSR count). The van der Waals surface area contributed by atoms with Gasteiger partial charge in [0.2, 0.25) is 0 Å². The third-order valence-corrected chi connectivity index (χ3v) is 3.78. The zero-order valence-electron chi connectivity index (χ0n) is 11.5. The van der Waals surface area contributed by atoms with E-state index in [1.165, 1.54) is 5.01 Å². The van der Waals surface area contributed by atoms with Crippen molar-refractivity contribution in [3.63, 3.8) is 0 Å². The first-order valence-corrected chi connectivity index (χ1v) is 6.86. The lowest BCUT2D eigenvalue weighted by Gasteiger charge is -2.28. The molecule has 1 amide bonds. The number of rotatable bonds is 1. The van der Waals surface area contributed by atoms with Crippen molar-refractivity contribution in [2.45, 2.75) is 19.3 Å². The van der Waals surface area contributed by atoms with E-state index in [4.69, 9.17) is 5.73 Å². The number of carbonyl (C=O) groups excluding carboxylic acids is 1. The summed E-state index contributed by atoms with van der Waals surface area (Å²) in [4.78, 5) is 14.7. The van der Waals surface area contributed by atoms with Gasteiger partial charge >= 0.3 is 0 Å². The Bertz CT molecular complexity index is 591. The molecule has 2 heterocycles. The van der Waals surface area contributed by atoms with Crippen LogP contribution in [-0.2, 0) is 4.79 Å². The van der Waals surface area contributed by atoms with Crippen LogP contribution in [0.5, 0.6) is 0 Å². The molecule has 0 aromatic heterocycles. The van der Waals surface area contributed by atoms with Crippen molar-refractivity contribution in [2.75, 3.05) is 18.6 Å². The average Bonchev–Trinajstić information content (AvgIpc) is 2.76. The number of piperidine rings is 1. The van der Waals surface area contributed by atoms with Gasteiger partial charge in [-0.3, -0.25) is 4.79 Å². The number of anilines is 1. The number of likely N-dealkylation sites (tertiary alicyclic amines) is 1. The van der Waals surface area contributed by atoms with E-state index in [0.717, 1.165) is 37.2 Å². The summed E-state index contributed by atoms with van der Waals surface area (Å²) in [6, 6.07) is 9.38. The number of nitrogens with zero attached hydrogens (tertiary/aromatic N) is 3. The highest BCUT2D eigenvalue weighted by atomic mass is 16.2. The maximum Gasteiger partial charge on any atom is 0.284 e. The van der Waals surface area contributed by atoms with E-state index < -0.39 is 0 Å². The van der Waals surface area contributed by atoms with Gasteiger partial charge in [-0.2, -0.15) is 5.01 Å². The van der Waals surface area contributed by atoms with Crippen LogP contribution in [0, 0.1) is 0 Å². The molecule has 5 heteroatoms. The van der Waals surface area contributed by atoms with E-state index in [2.05, 4.69) is 10.0 Å². The minimum Gasteiger partial charge on any atom is -0.382 e. The quantitative estimate of drug-likeness (QED) is 0.790. The number of allylic oxidation sites excluding steroid dienone is 1. The number of nitrogens with two attached hydrogens (primary N) is 1. The molecule has 2 aliphatic rings. The van der Waals surface area contributed by atoms with Gasteiger partial charge in [0.05, 0.1) is 5.69 Å². The summed E-state index contributed by atoms with van der Waals surface area (Å²) < 4.78 is 0. The summed E-state index contributed by atoms with van der Waals surface area (Å²) >= 11 is 0. The predicted molar refractivity (Wildman–Crippen MR) is 79.1 cm³/mol. The molecule has 1 aromatic carbocycles. The number of carbonyl (C=O) groups is 1. The molecule has 104 valence electrons. The summed E-state index contributed by atoms with van der Waals surface area (Å²) in [6.45, 7) is 0.963. The third-order valence-electron chi connectivity index (χ3n) is 3.78. The van der Waals surface area contributed by atoms with Crippen molar-refractivity contribution >= 4 is 17.4 Å². The van der Waals surface area contributed by atoms with Crippen molar-refractivity contribution in [3.8, 4) is 0 Å². The Balaban J connectivity index is 1.99. The minimum atomic E-state index is -0.127. The van der Waals surface area contributed by atoms with Gasteiger partial charge in [0.25, 0.3) is 5.91 Å². The molecule has 0 radical (unpaired) electrons. The van der Waals surface area contributed by atoms with E-state index in [-0.39, 0.29) is 5.91 Å². The lowest BCUT2D eigenvalue weighted by molar-refractivity contribution is -0.114. The second kappa shape index (κ2) is 5.00. The Morgan fingerprint density at radius 3 is 2.65 bits per heavy atom. The molecule has 1 aromatic rings. The Labute approximate surface area is 118 Å². The maximum atomic E-state index is 12.6. The molecule has 2 aliphatic heterocycles. The van der Waals surface area contributed by atoms with E-state index in [1.807, 2.05) is 37.4 Å².